The lowest BCUT2D eigenvalue weighted by molar-refractivity contribution is -0.140. The lowest BCUT2D eigenvalue weighted by atomic mass is 9.70. The predicted molar refractivity (Wildman–Crippen MR) is 118 cm³/mol. The van der Waals surface area contributed by atoms with Crippen LogP contribution in [-0.4, -0.2) is 70.5 Å². The third-order valence-corrected chi connectivity index (χ3v) is 7.60. The molecule has 168 valence electrons. The molecule has 0 saturated carbocycles. The molecule has 3 saturated heterocycles. The molecule has 3 aliphatic heterocycles. The Hall–Kier alpha value is -1.68. The van der Waals surface area contributed by atoms with Gasteiger partial charge in [-0.25, -0.2) is 0 Å². The SMILES string of the molecule is CNC(=O)[C@H]1[C@H]2C(=O)N(CCCCO)C(C(=O)Nc3ccc(Cl)cc3)C23CC(Br)[C@@H]1O3. The Morgan fingerprint density at radius 1 is 1.29 bits per heavy atom. The van der Waals surface area contributed by atoms with E-state index in [4.69, 9.17) is 21.4 Å². The van der Waals surface area contributed by atoms with Crippen molar-refractivity contribution in [3.8, 4) is 0 Å². The van der Waals surface area contributed by atoms with Gasteiger partial charge in [0.05, 0.1) is 17.9 Å². The fraction of sp³-hybridized carbons (Fsp3) is 0.571. The first-order valence-corrected chi connectivity index (χ1v) is 11.6. The van der Waals surface area contributed by atoms with Crippen LogP contribution in [0.2, 0.25) is 5.02 Å². The predicted octanol–water partition coefficient (Wildman–Crippen LogP) is 1.54. The fourth-order valence-corrected chi connectivity index (χ4v) is 6.34. The molecule has 0 aromatic heterocycles. The minimum Gasteiger partial charge on any atom is -0.396 e. The second kappa shape index (κ2) is 8.69. The Kier molecular flexibility index (Phi) is 6.31. The maximum atomic E-state index is 13.5. The van der Waals surface area contributed by atoms with Gasteiger partial charge in [0.15, 0.2) is 0 Å². The monoisotopic (exact) mass is 513 g/mol. The van der Waals surface area contributed by atoms with E-state index >= 15 is 0 Å². The minimum atomic E-state index is -1.08. The van der Waals surface area contributed by atoms with E-state index in [1.54, 1.807) is 24.3 Å². The van der Waals surface area contributed by atoms with Crippen LogP contribution in [0.1, 0.15) is 19.3 Å². The Labute approximate surface area is 193 Å². The van der Waals surface area contributed by atoms with E-state index in [9.17, 15) is 14.4 Å². The lowest BCUT2D eigenvalue weighted by Gasteiger charge is -2.34. The highest BCUT2D eigenvalue weighted by atomic mass is 79.9. The summed E-state index contributed by atoms with van der Waals surface area (Å²) in [7, 11) is 1.54. The summed E-state index contributed by atoms with van der Waals surface area (Å²) in [5.74, 6) is -2.25. The van der Waals surface area contributed by atoms with E-state index in [1.165, 1.54) is 11.9 Å². The first-order valence-electron chi connectivity index (χ1n) is 10.4. The molecule has 3 unspecified atom stereocenters. The van der Waals surface area contributed by atoms with Gasteiger partial charge >= 0.3 is 0 Å². The number of halogens is 2. The summed E-state index contributed by atoms with van der Waals surface area (Å²) in [6, 6.07) is 5.85. The highest BCUT2D eigenvalue weighted by Crippen LogP contribution is 2.60. The minimum absolute atomic E-state index is 0.00114. The zero-order chi connectivity index (χ0) is 22.3. The summed E-state index contributed by atoms with van der Waals surface area (Å²) >= 11 is 9.54. The number of nitrogens with one attached hydrogen (secondary N) is 2. The third-order valence-electron chi connectivity index (χ3n) is 6.51. The number of aliphatic hydroxyl groups excluding tert-OH is 1. The Morgan fingerprint density at radius 2 is 2.00 bits per heavy atom. The molecule has 1 aromatic carbocycles. The molecule has 1 spiro atoms. The number of nitrogens with zero attached hydrogens (tertiary/aromatic N) is 1. The summed E-state index contributed by atoms with van der Waals surface area (Å²) in [6.45, 7) is 0.305. The van der Waals surface area contributed by atoms with Gasteiger partial charge in [-0.2, -0.15) is 0 Å². The van der Waals surface area contributed by atoms with Gasteiger partial charge in [0.1, 0.15) is 11.6 Å². The van der Waals surface area contributed by atoms with E-state index < -0.39 is 29.6 Å². The average molecular weight is 515 g/mol. The number of alkyl halides is 1. The van der Waals surface area contributed by atoms with Crippen LogP contribution in [0.25, 0.3) is 0 Å². The molecule has 31 heavy (non-hydrogen) atoms. The second-order valence-corrected chi connectivity index (χ2v) is 9.85. The largest absolute Gasteiger partial charge is 0.396 e. The normalized spacial score (nSPS) is 33.5. The Bertz CT molecular complexity index is 884. The number of unbranched alkanes of at least 4 members (excludes halogenated alkanes) is 1. The summed E-state index contributed by atoms with van der Waals surface area (Å²) in [5.41, 5.74) is -0.522. The second-order valence-electron chi connectivity index (χ2n) is 8.24. The van der Waals surface area contributed by atoms with Gasteiger partial charge in [-0.1, -0.05) is 27.5 Å². The number of amides is 3. The number of ether oxygens (including phenoxy) is 1. The maximum absolute atomic E-state index is 13.5. The van der Waals surface area contributed by atoms with Crippen LogP contribution in [0.15, 0.2) is 24.3 Å². The first-order chi connectivity index (χ1) is 14.8. The van der Waals surface area contributed by atoms with Crippen molar-refractivity contribution in [1.82, 2.24) is 10.2 Å². The summed E-state index contributed by atoms with van der Waals surface area (Å²) < 4.78 is 6.33. The molecule has 3 N–H and O–H groups in total. The van der Waals surface area contributed by atoms with Crippen LogP contribution >= 0.6 is 27.5 Å². The summed E-state index contributed by atoms with van der Waals surface area (Å²) in [5, 5.41) is 15.2. The van der Waals surface area contributed by atoms with E-state index in [2.05, 4.69) is 26.6 Å². The zero-order valence-electron chi connectivity index (χ0n) is 17.0. The van der Waals surface area contributed by atoms with E-state index in [-0.39, 0.29) is 29.2 Å². The molecule has 3 heterocycles. The number of aliphatic hydroxyl groups is 1. The van der Waals surface area contributed by atoms with Gasteiger partial charge in [0.2, 0.25) is 17.7 Å². The van der Waals surface area contributed by atoms with E-state index in [0.717, 1.165) is 0 Å². The van der Waals surface area contributed by atoms with Crippen molar-refractivity contribution < 1.29 is 24.2 Å². The fourth-order valence-electron chi connectivity index (χ4n) is 5.27. The van der Waals surface area contributed by atoms with Crippen molar-refractivity contribution in [3.05, 3.63) is 29.3 Å². The maximum Gasteiger partial charge on any atom is 0.250 e. The van der Waals surface area contributed by atoms with Crippen molar-refractivity contribution >= 4 is 50.9 Å². The van der Waals surface area contributed by atoms with Crippen LogP contribution in [0, 0.1) is 11.8 Å². The van der Waals surface area contributed by atoms with Gasteiger partial charge in [-0.15, -0.1) is 0 Å². The van der Waals surface area contributed by atoms with Crippen LogP contribution < -0.4 is 10.6 Å². The topological polar surface area (TPSA) is 108 Å². The number of carbonyl (C=O) groups excluding carboxylic acids is 3. The highest BCUT2D eigenvalue weighted by molar-refractivity contribution is 9.09. The van der Waals surface area contributed by atoms with Crippen LogP contribution in [-0.2, 0) is 19.1 Å². The van der Waals surface area contributed by atoms with Crippen molar-refractivity contribution in [2.75, 3.05) is 25.5 Å². The molecule has 0 radical (unpaired) electrons. The van der Waals surface area contributed by atoms with Gasteiger partial charge in [0, 0.05) is 35.7 Å². The number of hydrogen-bond donors (Lipinski definition) is 3. The average Bonchev–Trinajstić information content (AvgIpc) is 3.33. The van der Waals surface area contributed by atoms with Crippen LogP contribution in [0.3, 0.4) is 0 Å². The number of benzene rings is 1. The van der Waals surface area contributed by atoms with E-state index in [0.29, 0.717) is 36.5 Å². The number of anilines is 1. The smallest absolute Gasteiger partial charge is 0.250 e. The number of rotatable bonds is 7. The Morgan fingerprint density at radius 3 is 2.65 bits per heavy atom. The first kappa shape index (κ1) is 22.5. The van der Waals surface area contributed by atoms with Gasteiger partial charge in [0.25, 0.3) is 0 Å². The molecular formula is C21H25BrClN3O5. The highest BCUT2D eigenvalue weighted by Gasteiger charge is 2.76. The van der Waals surface area contributed by atoms with Crippen LogP contribution in [0.5, 0.6) is 0 Å². The van der Waals surface area contributed by atoms with Gasteiger partial charge < -0.3 is 25.4 Å². The molecule has 6 atom stereocenters. The standard InChI is InChI=1S/C21H25BrClN3O5/c1-24-18(28)14-15-20(30)26(8-2-3-9-27)17(21(15)10-13(22)16(14)31-21)19(29)25-12-6-4-11(23)5-7-12/h4-7,13-17,27H,2-3,8-10H2,1H3,(H,24,28)(H,25,29)/t13?,14-,15-,16-,17?,21?/m0/s1. The van der Waals surface area contributed by atoms with Crippen molar-refractivity contribution in [2.24, 2.45) is 11.8 Å². The molecule has 3 amide bonds. The van der Waals surface area contributed by atoms with Crippen molar-refractivity contribution in [2.45, 2.75) is 41.8 Å². The summed E-state index contributed by atoms with van der Waals surface area (Å²) in [6.07, 6.45) is 1.04. The molecule has 4 rings (SSSR count). The third kappa shape index (κ3) is 3.65. The zero-order valence-corrected chi connectivity index (χ0v) is 19.4. The molecule has 0 aliphatic carbocycles. The lowest BCUT2D eigenvalue weighted by Crippen LogP contribution is -2.54. The molecule has 3 aliphatic rings. The molecule has 1 aromatic rings. The number of carbonyl (C=O) groups is 3. The van der Waals surface area contributed by atoms with Crippen LogP contribution in [0.4, 0.5) is 5.69 Å². The number of fused-ring (bicyclic) bond motifs is 1. The quantitative estimate of drug-likeness (QED) is 0.378. The molecular weight excluding hydrogens is 490 g/mol. The van der Waals surface area contributed by atoms with Gasteiger partial charge in [-0.3, -0.25) is 14.4 Å². The van der Waals surface area contributed by atoms with Crippen molar-refractivity contribution in [1.29, 1.82) is 0 Å². The molecule has 8 nitrogen and oxygen atoms in total. The summed E-state index contributed by atoms with van der Waals surface area (Å²) in [4.78, 5) is 41.1. The van der Waals surface area contributed by atoms with E-state index in [1.807, 2.05) is 0 Å². The number of likely N-dealkylation sites (tertiary alicyclic amines) is 1. The Balaban J connectivity index is 1.69. The molecule has 3 fully saturated rings. The van der Waals surface area contributed by atoms with Gasteiger partial charge in [-0.05, 0) is 43.5 Å². The molecule has 2 bridgehead atoms. The molecule has 10 heteroatoms. The number of hydrogen-bond acceptors (Lipinski definition) is 5. The van der Waals surface area contributed by atoms with Crippen molar-refractivity contribution in [3.63, 3.8) is 0 Å².